The first-order valence-corrected chi connectivity index (χ1v) is 5.97. The number of nitrogens with zero attached hydrogens (tertiary/aromatic N) is 1. The summed E-state index contributed by atoms with van der Waals surface area (Å²) in [6, 6.07) is 5.74. The topological polar surface area (TPSA) is 42.0 Å². The highest BCUT2D eigenvalue weighted by Crippen LogP contribution is 2.23. The standard InChI is InChI=1S/C13H18N2O/c1-10-5-4-6-11(9-10)15-13(16)12-7-2-3-8-14-12/h2-3,7-8,10-11H,4-6,9H2,1H3,(H,15,16)/t10-,11+/m1/s1. The van der Waals surface area contributed by atoms with Crippen LogP contribution in [0.2, 0.25) is 0 Å². The molecule has 1 heterocycles. The van der Waals surface area contributed by atoms with Gasteiger partial charge in [-0.3, -0.25) is 9.78 Å². The first-order chi connectivity index (χ1) is 7.75. The van der Waals surface area contributed by atoms with E-state index in [9.17, 15) is 4.79 Å². The highest BCUT2D eigenvalue weighted by molar-refractivity contribution is 5.92. The van der Waals surface area contributed by atoms with Gasteiger partial charge in [-0.15, -0.1) is 0 Å². The van der Waals surface area contributed by atoms with Gasteiger partial charge in [-0.2, -0.15) is 0 Å². The van der Waals surface area contributed by atoms with E-state index in [1.807, 2.05) is 12.1 Å². The van der Waals surface area contributed by atoms with E-state index in [0.717, 1.165) is 18.8 Å². The Labute approximate surface area is 96.3 Å². The van der Waals surface area contributed by atoms with Gasteiger partial charge in [0.05, 0.1) is 0 Å². The van der Waals surface area contributed by atoms with Gasteiger partial charge in [-0.25, -0.2) is 0 Å². The molecule has 3 heteroatoms. The molecule has 0 spiro atoms. The molecule has 0 saturated heterocycles. The van der Waals surface area contributed by atoms with Crippen LogP contribution in [0, 0.1) is 5.92 Å². The minimum absolute atomic E-state index is 0.0419. The van der Waals surface area contributed by atoms with E-state index in [-0.39, 0.29) is 5.91 Å². The average molecular weight is 218 g/mol. The molecule has 1 aromatic heterocycles. The summed E-state index contributed by atoms with van der Waals surface area (Å²) < 4.78 is 0. The summed E-state index contributed by atoms with van der Waals surface area (Å²) in [5, 5.41) is 3.06. The van der Waals surface area contributed by atoms with Crippen molar-refractivity contribution < 1.29 is 4.79 Å². The first kappa shape index (κ1) is 11.1. The fourth-order valence-electron chi connectivity index (χ4n) is 2.32. The predicted molar refractivity (Wildman–Crippen MR) is 63.1 cm³/mol. The molecule has 1 N–H and O–H groups in total. The Hall–Kier alpha value is -1.38. The second kappa shape index (κ2) is 5.10. The molecule has 1 amide bonds. The normalized spacial score (nSPS) is 25.1. The maximum absolute atomic E-state index is 11.8. The van der Waals surface area contributed by atoms with Crippen LogP contribution in [0.3, 0.4) is 0 Å². The molecule has 1 aliphatic carbocycles. The number of hydrogen-bond acceptors (Lipinski definition) is 2. The van der Waals surface area contributed by atoms with Gasteiger partial charge >= 0.3 is 0 Å². The van der Waals surface area contributed by atoms with Gasteiger partial charge in [-0.1, -0.05) is 25.8 Å². The van der Waals surface area contributed by atoms with Crippen LogP contribution in [-0.4, -0.2) is 16.9 Å². The second-order valence-corrected chi connectivity index (χ2v) is 4.66. The SMILES string of the molecule is C[C@@H]1CCC[C@H](NC(=O)c2ccccn2)C1. The molecule has 1 aromatic rings. The molecule has 0 radical (unpaired) electrons. The van der Waals surface area contributed by atoms with Gasteiger partial charge < -0.3 is 5.32 Å². The Balaban J connectivity index is 1.92. The van der Waals surface area contributed by atoms with E-state index in [4.69, 9.17) is 0 Å². The maximum Gasteiger partial charge on any atom is 0.270 e. The van der Waals surface area contributed by atoms with Gasteiger partial charge in [0, 0.05) is 12.2 Å². The lowest BCUT2D eigenvalue weighted by molar-refractivity contribution is 0.0916. The van der Waals surface area contributed by atoms with E-state index in [1.165, 1.54) is 12.8 Å². The summed E-state index contributed by atoms with van der Waals surface area (Å²) in [6.07, 6.45) is 6.35. The van der Waals surface area contributed by atoms with E-state index in [0.29, 0.717) is 11.7 Å². The second-order valence-electron chi connectivity index (χ2n) is 4.66. The van der Waals surface area contributed by atoms with Crippen LogP contribution >= 0.6 is 0 Å². The van der Waals surface area contributed by atoms with Gasteiger partial charge in [0.15, 0.2) is 0 Å². The van der Waals surface area contributed by atoms with Crippen molar-refractivity contribution in [2.24, 2.45) is 5.92 Å². The molecule has 0 aromatic carbocycles. The van der Waals surface area contributed by atoms with Gasteiger partial charge in [0.1, 0.15) is 5.69 Å². The van der Waals surface area contributed by atoms with E-state index in [2.05, 4.69) is 17.2 Å². The average Bonchev–Trinajstić information content (AvgIpc) is 2.30. The number of nitrogens with one attached hydrogen (secondary N) is 1. The third kappa shape index (κ3) is 2.81. The van der Waals surface area contributed by atoms with Crippen molar-refractivity contribution in [3.63, 3.8) is 0 Å². The molecule has 1 aliphatic rings. The zero-order chi connectivity index (χ0) is 11.4. The number of carbonyl (C=O) groups excluding carboxylic acids is 1. The predicted octanol–water partition coefficient (Wildman–Crippen LogP) is 2.39. The van der Waals surface area contributed by atoms with Crippen LogP contribution in [0.15, 0.2) is 24.4 Å². The largest absolute Gasteiger partial charge is 0.348 e. The molecule has 86 valence electrons. The fraction of sp³-hybridized carbons (Fsp3) is 0.538. The fourth-order valence-corrected chi connectivity index (χ4v) is 2.32. The molecule has 0 bridgehead atoms. The number of hydrogen-bond donors (Lipinski definition) is 1. The Bertz CT molecular complexity index is 350. The highest BCUT2D eigenvalue weighted by Gasteiger charge is 2.20. The summed E-state index contributed by atoms with van der Waals surface area (Å²) in [5.74, 6) is 0.683. The lowest BCUT2D eigenvalue weighted by Gasteiger charge is -2.27. The monoisotopic (exact) mass is 218 g/mol. The number of aromatic nitrogens is 1. The Morgan fingerprint density at radius 3 is 3.00 bits per heavy atom. The molecule has 1 saturated carbocycles. The number of carbonyl (C=O) groups is 1. The number of pyridine rings is 1. The highest BCUT2D eigenvalue weighted by atomic mass is 16.1. The van der Waals surface area contributed by atoms with Crippen molar-refractivity contribution in [1.82, 2.24) is 10.3 Å². The van der Waals surface area contributed by atoms with Gasteiger partial charge in [-0.05, 0) is 30.9 Å². The zero-order valence-corrected chi connectivity index (χ0v) is 9.65. The van der Waals surface area contributed by atoms with E-state index >= 15 is 0 Å². The number of amides is 1. The van der Waals surface area contributed by atoms with E-state index < -0.39 is 0 Å². The summed E-state index contributed by atoms with van der Waals surface area (Å²) in [4.78, 5) is 15.9. The van der Waals surface area contributed by atoms with Crippen LogP contribution in [-0.2, 0) is 0 Å². The zero-order valence-electron chi connectivity index (χ0n) is 9.65. The minimum atomic E-state index is -0.0419. The van der Waals surface area contributed by atoms with Crippen LogP contribution in [0.25, 0.3) is 0 Å². The first-order valence-electron chi connectivity index (χ1n) is 5.97. The van der Waals surface area contributed by atoms with Gasteiger partial charge in [0.2, 0.25) is 0 Å². The van der Waals surface area contributed by atoms with Crippen LogP contribution in [0.4, 0.5) is 0 Å². The van der Waals surface area contributed by atoms with Crippen molar-refractivity contribution in [1.29, 1.82) is 0 Å². The van der Waals surface area contributed by atoms with Crippen LogP contribution < -0.4 is 5.32 Å². The van der Waals surface area contributed by atoms with E-state index in [1.54, 1.807) is 12.3 Å². The van der Waals surface area contributed by atoms with Crippen molar-refractivity contribution in [2.45, 2.75) is 38.6 Å². The van der Waals surface area contributed by atoms with Crippen molar-refractivity contribution >= 4 is 5.91 Å². The molecule has 2 rings (SSSR count). The molecular weight excluding hydrogens is 200 g/mol. The molecule has 16 heavy (non-hydrogen) atoms. The van der Waals surface area contributed by atoms with Crippen molar-refractivity contribution in [2.75, 3.05) is 0 Å². The summed E-state index contributed by atoms with van der Waals surface area (Å²) in [7, 11) is 0. The Morgan fingerprint density at radius 2 is 2.31 bits per heavy atom. The maximum atomic E-state index is 11.8. The minimum Gasteiger partial charge on any atom is -0.348 e. The van der Waals surface area contributed by atoms with Gasteiger partial charge in [0.25, 0.3) is 5.91 Å². The molecule has 3 nitrogen and oxygen atoms in total. The summed E-state index contributed by atoms with van der Waals surface area (Å²) in [5.41, 5.74) is 0.515. The summed E-state index contributed by atoms with van der Waals surface area (Å²) in [6.45, 7) is 2.25. The number of rotatable bonds is 2. The Morgan fingerprint density at radius 1 is 1.44 bits per heavy atom. The molecule has 2 atom stereocenters. The molecule has 0 aliphatic heterocycles. The lowest BCUT2D eigenvalue weighted by atomic mass is 9.87. The third-order valence-corrected chi connectivity index (χ3v) is 3.17. The molecular formula is C13H18N2O. The van der Waals surface area contributed by atoms with Crippen LogP contribution in [0.1, 0.15) is 43.1 Å². The molecule has 0 unspecified atom stereocenters. The quantitative estimate of drug-likeness (QED) is 0.828. The third-order valence-electron chi connectivity index (χ3n) is 3.17. The smallest absolute Gasteiger partial charge is 0.270 e. The lowest BCUT2D eigenvalue weighted by Crippen LogP contribution is -2.38. The summed E-state index contributed by atoms with van der Waals surface area (Å²) >= 11 is 0. The molecule has 1 fully saturated rings. The van der Waals surface area contributed by atoms with Crippen molar-refractivity contribution in [3.8, 4) is 0 Å². The Kier molecular flexibility index (Phi) is 3.54. The van der Waals surface area contributed by atoms with Crippen LogP contribution in [0.5, 0.6) is 0 Å². The van der Waals surface area contributed by atoms with Crippen molar-refractivity contribution in [3.05, 3.63) is 30.1 Å².